The van der Waals surface area contributed by atoms with E-state index in [4.69, 9.17) is 33.9 Å². The highest BCUT2D eigenvalue weighted by Crippen LogP contribution is 2.74. The lowest BCUT2D eigenvalue weighted by atomic mass is 9.65. The number of Topliss-reactive ketones (excluding diaryl/α,β-unsaturated/α-hetero) is 1. The van der Waals surface area contributed by atoms with E-state index >= 15 is 0 Å². The van der Waals surface area contributed by atoms with Crippen LogP contribution in [0.2, 0.25) is 0 Å². The highest BCUT2D eigenvalue weighted by atomic mass is 16.6. The van der Waals surface area contributed by atoms with Gasteiger partial charge in [0, 0.05) is 135 Å². The summed E-state index contributed by atoms with van der Waals surface area (Å²) in [7, 11) is 5.58. The summed E-state index contributed by atoms with van der Waals surface area (Å²) in [6.07, 6.45) is 41.0. The van der Waals surface area contributed by atoms with Crippen LogP contribution in [0.15, 0.2) is 99.2 Å². The number of carboxylic acid groups (broad SMARTS) is 1. The Balaban J connectivity index is 0.000000138. The Morgan fingerprint density at radius 3 is 1.33 bits per heavy atom. The van der Waals surface area contributed by atoms with Gasteiger partial charge in [-0.05, 0) is 385 Å². The minimum Gasteiger partial charge on any atom is -0.481 e. The summed E-state index contributed by atoms with van der Waals surface area (Å²) in [5.74, 6) is 18.8. The number of fused-ring (bicyclic) bond motifs is 45. The molecule has 0 spiro atoms. The summed E-state index contributed by atoms with van der Waals surface area (Å²) < 4.78 is 25.0. The van der Waals surface area contributed by atoms with Crippen molar-refractivity contribution in [1.29, 1.82) is 5.26 Å². The first kappa shape index (κ1) is 111. The van der Waals surface area contributed by atoms with Gasteiger partial charge < -0.3 is 64.5 Å². The van der Waals surface area contributed by atoms with Crippen LogP contribution in [0.5, 0.6) is 0 Å². The molecule has 20 aliphatic carbocycles. The number of esters is 4. The van der Waals surface area contributed by atoms with Gasteiger partial charge in [0.25, 0.3) is 0 Å². The second kappa shape index (κ2) is 49.8. The normalized spacial score (nSPS) is 38.9. The highest BCUT2D eigenvalue weighted by Gasteiger charge is 2.72. The van der Waals surface area contributed by atoms with E-state index in [0.717, 1.165) is 238 Å². The fourth-order valence-corrected chi connectivity index (χ4v) is 34.8. The number of ketones is 1. The topological polar surface area (TPSA) is 395 Å². The number of hydrogen-bond acceptors (Lipinski definition) is 21. The lowest BCUT2D eigenvalue weighted by Crippen LogP contribution is -2.47. The van der Waals surface area contributed by atoms with E-state index in [1.165, 1.54) is 76.0 Å². The Morgan fingerprint density at radius 2 is 0.831 bits per heavy atom. The Bertz CT molecular complexity index is 4610. The molecule has 0 aliphatic heterocycles. The molecule has 0 heterocycles. The van der Waals surface area contributed by atoms with Gasteiger partial charge in [-0.1, -0.05) is 91.7 Å². The number of carbonyl (C=O) groups is 10. The highest BCUT2D eigenvalue weighted by molar-refractivity contribution is 5.93. The van der Waals surface area contributed by atoms with Crippen LogP contribution in [0.3, 0.4) is 0 Å². The number of aliphatic hydroxyl groups is 3. The van der Waals surface area contributed by atoms with E-state index in [9.17, 15) is 73.5 Å². The van der Waals surface area contributed by atoms with Crippen LogP contribution in [-0.4, -0.2) is 198 Å². The van der Waals surface area contributed by atoms with Crippen molar-refractivity contribution in [3.8, 4) is 6.07 Å². The zero-order chi connectivity index (χ0) is 103. The monoisotopic (exact) mass is 1970 g/mol. The molecular formula is C115H170N6O21. The molecule has 0 aromatic carbocycles. The molecule has 20 bridgehead atoms. The van der Waals surface area contributed by atoms with Gasteiger partial charge in [-0.2, -0.15) is 5.26 Å². The Labute approximate surface area is 844 Å². The standard InChI is InChI=1S/C20H29NO2.C17H22N2O.C17H23NO3.C16H21NO4.C15H21NO2.C11H20O3.C10H18O3.C9H16O3/c1-5-17(22)13-6-11-7-14(13)18-12-8-15(19(11)18)16(9-12)21(4)20(23)10(2)3;1-8(2)17(20)19-14-6-10-5-13(14)16-9-3-11(7-18)12(4-9)15(10)16;1-3-14(19)18(2)13-7-9-6-12(13)16-8-4-10(15(9)16)11(5-8)17(20)21;1-7(2)16(18)21-13-6-9-4-11(13)15-8-3-10(14(9)15)12(5-8)17(19)20;1-2-13(18)16-11-5-7-3-9(11)14-8-4-10(15(7)14)12(17)6-8;1-3-11(12)14-10-8-6-4-5-7-9-13-2;1-9(2)10(12)13-8-6-4-3-5-7-11;1-2-9(11)12-8-6-4-3-5-7-10/h11-16,18-19H,2,5-9H2,1,3-4H3;9-16H,1,3-6H2,2H3,(H,19,20);3,8-13,15-16H,1,4-7H2,2H3,(H,20,21);8-15H,1,3-6H2,2H3;2,7-12,14-15,17H,1,3-6H2,(H,16,18);3H,1,4-10H2,2H3;11H,1,3-8H2,2H3;2,10H,1,3-8H2. The number of likely N-dealkylation sites (N-methyl/N-ethyl adjacent to an activating group) is 2. The molecule has 40 unspecified atom stereocenters. The predicted molar refractivity (Wildman–Crippen MR) is 539 cm³/mol. The third kappa shape index (κ3) is 24.0. The van der Waals surface area contributed by atoms with Crippen molar-refractivity contribution >= 4 is 59.3 Å². The number of aliphatic carboxylic acids is 1. The number of aliphatic hydroxyl groups excluding tert-OH is 3. The van der Waals surface area contributed by atoms with E-state index in [1.54, 1.807) is 27.9 Å². The van der Waals surface area contributed by atoms with Crippen LogP contribution in [-0.2, 0) is 71.6 Å². The summed E-state index contributed by atoms with van der Waals surface area (Å²) in [6, 6.07) is 3.73. The van der Waals surface area contributed by atoms with Crippen LogP contribution in [0.4, 0.5) is 0 Å². The minimum atomic E-state index is -0.584. The molecule has 786 valence electrons. The number of nitro groups is 1. The van der Waals surface area contributed by atoms with Crippen LogP contribution in [0.1, 0.15) is 253 Å². The van der Waals surface area contributed by atoms with Crippen LogP contribution in [0.25, 0.3) is 0 Å². The van der Waals surface area contributed by atoms with E-state index in [-0.39, 0.29) is 95.7 Å². The summed E-state index contributed by atoms with van der Waals surface area (Å²) in [5, 5.41) is 63.2. The number of nitrogens with zero attached hydrogens (tertiary/aromatic N) is 4. The number of carboxylic acids is 1. The molecule has 6 N–H and O–H groups in total. The molecule has 20 aliphatic rings. The van der Waals surface area contributed by atoms with Crippen molar-refractivity contribution in [1.82, 2.24) is 20.4 Å². The van der Waals surface area contributed by atoms with Gasteiger partial charge in [-0.25, -0.2) is 19.2 Å². The number of carbonyl (C=O) groups excluding carboxylic acids is 9. The van der Waals surface area contributed by atoms with Crippen molar-refractivity contribution in [3.05, 3.63) is 109 Å². The Hall–Kier alpha value is -8.45. The van der Waals surface area contributed by atoms with Gasteiger partial charge in [0.2, 0.25) is 29.7 Å². The number of unbranched alkanes of at least 4 members (excludes halogenated alkanes) is 10. The van der Waals surface area contributed by atoms with Crippen molar-refractivity contribution in [2.75, 3.05) is 60.8 Å². The van der Waals surface area contributed by atoms with Crippen molar-refractivity contribution < 1.29 is 97.0 Å². The summed E-state index contributed by atoms with van der Waals surface area (Å²) in [6.45, 7) is 40.1. The number of ether oxygens (including phenoxy) is 5. The molecule has 0 aromatic heterocycles. The molecule has 4 amide bonds. The Kier molecular flexibility index (Phi) is 38.9. The molecule has 40 atom stereocenters. The molecule has 20 rings (SSSR count). The van der Waals surface area contributed by atoms with Crippen molar-refractivity contribution in [3.63, 3.8) is 0 Å². The molecule has 0 radical (unpaired) electrons. The molecule has 0 aromatic rings. The van der Waals surface area contributed by atoms with Gasteiger partial charge in [-0.15, -0.1) is 0 Å². The van der Waals surface area contributed by atoms with Crippen LogP contribution >= 0.6 is 0 Å². The number of nitrogens with one attached hydrogen (secondary N) is 2. The largest absolute Gasteiger partial charge is 0.481 e. The van der Waals surface area contributed by atoms with Crippen LogP contribution < -0.4 is 10.6 Å². The fraction of sp³-hybridized carbons (Fsp3) is 0.765. The summed E-state index contributed by atoms with van der Waals surface area (Å²) in [4.78, 5) is 130. The lowest BCUT2D eigenvalue weighted by Gasteiger charge is -2.43. The van der Waals surface area contributed by atoms with Crippen molar-refractivity contribution in [2.24, 2.45) is 195 Å². The molecule has 27 heteroatoms. The molecule has 0 saturated heterocycles. The zero-order valence-electron chi connectivity index (χ0n) is 86.4. The predicted octanol–water partition coefficient (Wildman–Crippen LogP) is 16.8. The Morgan fingerprint density at radius 1 is 0.430 bits per heavy atom. The SMILES string of the molecule is C=C(C)C(=O)N(C)C1CC2CC1C1C3CC(C(=O)CC)C(C3)C21.C=C(C)C(=O)NC1CC2CC1C1C3CC(C#N)C(C3)C21.C=C(C)C(=O)OC1CC2CC1C1C3CC(C21)C([N+](=O)[O-])C3.C=C(C)C(=O)OCCCCCCO.C=CC(=O)N(C)C1CC2CC1C1C3CC(C(=O)O)C(C3)C21.C=CC(=O)NC1CC2CC1C1C3CC(O)C(C3)C21.C=CC(=O)OCCCCCCCOC.C=CC(=O)OCCCCCCO. The number of rotatable bonds is 37. The van der Waals surface area contributed by atoms with E-state index in [1.807, 2.05) is 37.7 Å². The number of nitriles is 1. The molecule has 20 fully saturated rings. The van der Waals surface area contributed by atoms with E-state index in [0.29, 0.717) is 191 Å². The number of methoxy groups -OCH3 is 1. The third-order valence-electron chi connectivity index (χ3n) is 39.4. The second-order valence-corrected chi connectivity index (χ2v) is 46.8. The maximum absolute atomic E-state index is 12.3. The van der Waals surface area contributed by atoms with Gasteiger partial charge in [0.05, 0.1) is 37.9 Å². The first-order chi connectivity index (χ1) is 68.0. The van der Waals surface area contributed by atoms with Gasteiger partial charge in [0.15, 0.2) is 0 Å². The van der Waals surface area contributed by atoms with E-state index < -0.39 is 5.97 Å². The number of amides is 4. The van der Waals surface area contributed by atoms with Crippen LogP contribution in [0, 0.1) is 217 Å². The fourth-order valence-electron chi connectivity index (χ4n) is 34.8. The molecule has 20 saturated carbocycles. The second-order valence-electron chi connectivity index (χ2n) is 46.8. The maximum Gasteiger partial charge on any atom is 0.333 e. The zero-order valence-corrected chi connectivity index (χ0v) is 86.4. The third-order valence-corrected chi connectivity index (χ3v) is 39.4. The van der Waals surface area contributed by atoms with Gasteiger partial charge in [-0.3, -0.25) is 38.9 Å². The van der Waals surface area contributed by atoms with E-state index in [2.05, 4.69) is 69.3 Å². The molecule has 27 nitrogen and oxygen atoms in total. The van der Waals surface area contributed by atoms with Gasteiger partial charge >= 0.3 is 29.8 Å². The number of hydrogen-bond donors (Lipinski definition) is 6. The summed E-state index contributed by atoms with van der Waals surface area (Å²) in [5.41, 5.74) is 2.15. The quantitative estimate of drug-likeness (QED) is 0.00640. The molecular weight excluding hydrogens is 1800 g/mol. The molecule has 142 heavy (non-hydrogen) atoms. The average Bonchev–Trinajstić information content (AvgIpc) is 1.54. The van der Waals surface area contributed by atoms with Crippen molar-refractivity contribution in [2.45, 2.75) is 295 Å². The lowest BCUT2D eigenvalue weighted by molar-refractivity contribution is -0.534. The average molecular weight is 1970 g/mol. The smallest absolute Gasteiger partial charge is 0.333 e. The maximum atomic E-state index is 12.3. The summed E-state index contributed by atoms with van der Waals surface area (Å²) >= 11 is 0. The first-order valence-electron chi connectivity index (χ1n) is 54.7. The minimum absolute atomic E-state index is 0.0210. The van der Waals surface area contributed by atoms with Gasteiger partial charge in [0.1, 0.15) is 11.9 Å². The first-order valence-corrected chi connectivity index (χ1v) is 54.7.